The number of aromatic nitrogens is 1. The molecule has 7 rings (SSSR count). The third kappa shape index (κ3) is 4.10. The number of amides is 2. The fourth-order valence-corrected chi connectivity index (χ4v) is 7.45. The molecule has 2 amide bonds. The van der Waals surface area contributed by atoms with E-state index >= 15 is 4.79 Å². The largest absolute Gasteiger partial charge is 0.457 e. The van der Waals surface area contributed by atoms with Gasteiger partial charge >= 0.3 is 5.97 Å². The highest BCUT2D eigenvalue weighted by atomic mass is 32.1. The molecule has 0 aliphatic carbocycles. The number of ether oxygens (including phenoxy) is 1. The Balaban J connectivity index is 1.53. The Labute approximate surface area is 268 Å². The Bertz CT molecular complexity index is 2220. The van der Waals surface area contributed by atoms with Gasteiger partial charge in [0, 0.05) is 5.56 Å². The molecule has 3 aromatic carbocycles. The van der Waals surface area contributed by atoms with Gasteiger partial charge in [-0.2, -0.15) is 0 Å². The van der Waals surface area contributed by atoms with Crippen LogP contribution in [0.2, 0.25) is 0 Å². The van der Waals surface area contributed by atoms with E-state index in [1.54, 1.807) is 42.2 Å². The number of benzene rings is 3. The molecule has 2 aliphatic rings. The van der Waals surface area contributed by atoms with Crippen LogP contribution >= 0.6 is 11.3 Å². The molecule has 0 fully saturated rings. The molecule has 10 heteroatoms. The maximum absolute atomic E-state index is 15.2. The van der Waals surface area contributed by atoms with E-state index in [1.807, 2.05) is 51.1 Å². The van der Waals surface area contributed by atoms with Crippen LogP contribution in [0.4, 0.5) is 10.8 Å². The molecule has 0 bridgehead atoms. The maximum atomic E-state index is 15.2. The molecule has 2 aliphatic heterocycles. The van der Waals surface area contributed by atoms with Crippen LogP contribution in [0.15, 0.2) is 82.5 Å². The summed E-state index contributed by atoms with van der Waals surface area (Å²) in [4.78, 5) is 64.9. The van der Waals surface area contributed by atoms with E-state index in [9.17, 15) is 14.4 Å². The monoisotopic (exact) mass is 631 g/mol. The summed E-state index contributed by atoms with van der Waals surface area (Å²) in [5.74, 6) is -2.07. The molecule has 1 spiro atoms. The number of carbonyl (C=O) groups excluding carboxylic acids is 3. The SMILES string of the molecule is C=CCOC(=O)c1sc(N2C(=O)c3oc4cc(C)c(C)cc4c(=O)c3C23C(=O)N(Cc2cccc(C)c2)c2ccccc23)nc1C. The lowest BCUT2D eigenvalue weighted by atomic mass is 9.84. The first-order valence-corrected chi connectivity index (χ1v) is 15.5. The van der Waals surface area contributed by atoms with Gasteiger partial charge in [0.05, 0.1) is 28.9 Å². The van der Waals surface area contributed by atoms with Gasteiger partial charge < -0.3 is 14.1 Å². The summed E-state index contributed by atoms with van der Waals surface area (Å²) in [5.41, 5.74) is 2.74. The van der Waals surface area contributed by atoms with Crippen molar-refractivity contribution in [2.75, 3.05) is 16.4 Å². The second kappa shape index (κ2) is 10.6. The van der Waals surface area contributed by atoms with Crippen molar-refractivity contribution in [1.29, 1.82) is 0 Å². The third-order valence-corrected chi connectivity index (χ3v) is 9.78. The van der Waals surface area contributed by atoms with E-state index in [4.69, 9.17) is 9.15 Å². The minimum Gasteiger partial charge on any atom is -0.457 e. The van der Waals surface area contributed by atoms with Gasteiger partial charge in [-0.15, -0.1) is 0 Å². The van der Waals surface area contributed by atoms with Crippen LogP contribution in [0.5, 0.6) is 0 Å². The molecule has 230 valence electrons. The van der Waals surface area contributed by atoms with Gasteiger partial charge in [0.15, 0.2) is 16.1 Å². The Morgan fingerprint density at radius 3 is 2.54 bits per heavy atom. The number of anilines is 2. The molecule has 0 radical (unpaired) electrons. The van der Waals surface area contributed by atoms with Crippen LogP contribution in [0.1, 0.15) is 59.3 Å². The lowest BCUT2D eigenvalue weighted by Crippen LogP contribution is -2.53. The van der Waals surface area contributed by atoms with E-state index in [-0.39, 0.29) is 45.5 Å². The highest BCUT2D eigenvalue weighted by molar-refractivity contribution is 7.17. The summed E-state index contributed by atoms with van der Waals surface area (Å²) >= 11 is 0.920. The number of carbonyl (C=O) groups is 3. The second-order valence-electron chi connectivity index (χ2n) is 11.6. The predicted octanol–water partition coefficient (Wildman–Crippen LogP) is 6.28. The summed E-state index contributed by atoms with van der Waals surface area (Å²) < 4.78 is 11.5. The van der Waals surface area contributed by atoms with Crippen LogP contribution < -0.4 is 15.2 Å². The van der Waals surface area contributed by atoms with Crippen LogP contribution in [-0.4, -0.2) is 29.4 Å². The highest BCUT2D eigenvalue weighted by Gasteiger charge is 2.66. The van der Waals surface area contributed by atoms with Crippen LogP contribution in [-0.2, 0) is 21.6 Å². The van der Waals surface area contributed by atoms with Gasteiger partial charge in [-0.05, 0) is 62.6 Å². The summed E-state index contributed by atoms with van der Waals surface area (Å²) in [5, 5.41) is 0.332. The first-order valence-electron chi connectivity index (χ1n) is 14.7. The van der Waals surface area contributed by atoms with Crippen molar-refractivity contribution in [3.63, 3.8) is 0 Å². The summed E-state index contributed by atoms with van der Waals surface area (Å²) in [7, 11) is 0. The average molecular weight is 632 g/mol. The van der Waals surface area contributed by atoms with E-state index in [2.05, 4.69) is 11.6 Å². The molecule has 0 N–H and O–H groups in total. The third-order valence-electron chi connectivity index (χ3n) is 8.66. The number of para-hydroxylation sites is 1. The van der Waals surface area contributed by atoms with Crippen molar-refractivity contribution >= 4 is 50.9 Å². The van der Waals surface area contributed by atoms with Crippen molar-refractivity contribution in [2.24, 2.45) is 0 Å². The summed E-state index contributed by atoms with van der Waals surface area (Å²) in [6.07, 6.45) is 1.45. The van der Waals surface area contributed by atoms with E-state index in [1.165, 1.54) is 11.0 Å². The molecule has 0 saturated carbocycles. The number of esters is 1. The number of hydrogen-bond acceptors (Lipinski definition) is 8. The molecular weight excluding hydrogens is 602 g/mol. The van der Waals surface area contributed by atoms with Crippen molar-refractivity contribution in [3.8, 4) is 0 Å². The molecule has 2 aromatic heterocycles. The average Bonchev–Trinajstić information content (AvgIpc) is 3.62. The van der Waals surface area contributed by atoms with E-state index < -0.39 is 28.8 Å². The van der Waals surface area contributed by atoms with Gasteiger partial charge in [-0.1, -0.05) is 72.0 Å². The smallest absolute Gasteiger partial charge is 0.350 e. The number of aryl methyl sites for hydroxylation is 4. The zero-order valence-corrected chi connectivity index (χ0v) is 26.5. The number of nitrogens with zero attached hydrogens (tertiary/aromatic N) is 3. The van der Waals surface area contributed by atoms with Gasteiger partial charge in [-0.3, -0.25) is 19.3 Å². The minimum atomic E-state index is -1.94. The normalized spacial score (nSPS) is 16.8. The zero-order valence-electron chi connectivity index (χ0n) is 25.7. The zero-order chi connectivity index (χ0) is 32.5. The molecule has 1 unspecified atom stereocenters. The second-order valence-corrected chi connectivity index (χ2v) is 12.6. The van der Waals surface area contributed by atoms with Crippen molar-refractivity contribution in [3.05, 3.63) is 133 Å². The number of fused-ring (bicyclic) bond motifs is 5. The molecular formula is C36H29N3O6S. The Hall–Kier alpha value is -5.35. The van der Waals surface area contributed by atoms with E-state index in [0.29, 0.717) is 16.9 Å². The van der Waals surface area contributed by atoms with Gasteiger partial charge in [0.1, 0.15) is 17.1 Å². The van der Waals surface area contributed by atoms with Crippen molar-refractivity contribution in [1.82, 2.24) is 4.98 Å². The number of rotatable bonds is 6. The molecule has 46 heavy (non-hydrogen) atoms. The molecule has 9 nitrogen and oxygen atoms in total. The fraction of sp³-hybridized carbons (Fsp3) is 0.194. The first-order chi connectivity index (χ1) is 22.1. The maximum Gasteiger partial charge on any atom is 0.350 e. The Morgan fingerprint density at radius 2 is 1.78 bits per heavy atom. The van der Waals surface area contributed by atoms with Crippen LogP contribution in [0, 0.1) is 27.7 Å². The number of thiazole rings is 1. The topological polar surface area (TPSA) is 110 Å². The van der Waals surface area contributed by atoms with Crippen molar-refractivity contribution in [2.45, 2.75) is 39.8 Å². The summed E-state index contributed by atoms with van der Waals surface area (Å²) in [6, 6.07) is 18.4. The molecule has 0 saturated heterocycles. The van der Waals surface area contributed by atoms with Crippen molar-refractivity contribution < 1.29 is 23.5 Å². The quantitative estimate of drug-likeness (QED) is 0.160. The first kappa shape index (κ1) is 29.4. The van der Waals surface area contributed by atoms with Gasteiger partial charge in [-0.25, -0.2) is 9.78 Å². The fourth-order valence-electron chi connectivity index (χ4n) is 6.44. The van der Waals surface area contributed by atoms with Gasteiger partial charge in [0.2, 0.25) is 5.76 Å². The molecule has 1 atom stereocenters. The lowest BCUT2D eigenvalue weighted by Gasteiger charge is -2.32. The lowest BCUT2D eigenvalue weighted by molar-refractivity contribution is -0.121. The van der Waals surface area contributed by atoms with E-state index in [0.717, 1.165) is 33.6 Å². The predicted molar refractivity (Wildman–Crippen MR) is 176 cm³/mol. The Morgan fingerprint density at radius 1 is 1.02 bits per heavy atom. The van der Waals surface area contributed by atoms with Crippen LogP contribution in [0.25, 0.3) is 11.0 Å². The number of hydrogen-bond donors (Lipinski definition) is 0. The van der Waals surface area contributed by atoms with Crippen LogP contribution in [0.3, 0.4) is 0 Å². The molecule has 5 aromatic rings. The van der Waals surface area contributed by atoms with Gasteiger partial charge in [0.25, 0.3) is 11.8 Å². The standard InChI is InChI=1S/C36H29N3O6S/c1-6-14-44-33(42)31-22(5)37-35(46-31)39-32(41)30-28(29(40)24-16-20(3)21(4)17-27(24)45-30)36(39)25-12-7-8-13-26(25)38(34(36)43)18-23-11-9-10-19(2)15-23/h6-13,15-17H,1,14,18H2,2-5H3. The Kier molecular flexibility index (Phi) is 6.79. The molecule has 4 heterocycles. The summed E-state index contributed by atoms with van der Waals surface area (Å²) in [6.45, 7) is 11.2. The minimum absolute atomic E-state index is 0.00679. The highest BCUT2D eigenvalue weighted by Crippen LogP contribution is 2.55.